The predicted octanol–water partition coefficient (Wildman–Crippen LogP) is 2.38. The molecule has 0 unspecified atom stereocenters. The SMILES string of the molecule is C#COC(=O)CCCCCCCCC(=O)OC#C. The highest BCUT2D eigenvalue weighted by Gasteiger charge is 2.02. The van der Waals surface area contributed by atoms with Crippen LogP contribution in [-0.2, 0) is 19.1 Å². The molecule has 18 heavy (non-hydrogen) atoms. The molecule has 4 nitrogen and oxygen atoms in total. The van der Waals surface area contributed by atoms with Gasteiger partial charge in [0.15, 0.2) is 0 Å². The van der Waals surface area contributed by atoms with Gasteiger partial charge in [-0.05, 0) is 12.8 Å². The number of ether oxygens (including phenoxy) is 2. The number of unbranched alkanes of at least 4 members (excludes halogenated alkanes) is 5. The Labute approximate surface area is 108 Å². The minimum absolute atomic E-state index is 0.352. The van der Waals surface area contributed by atoms with E-state index in [1.54, 1.807) is 0 Å². The summed E-state index contributed by atoms with van der Waals surface area (Å²) in [6.07, 6.45) is 19.6. The largest absolute Gasteiger partial charge is 0.372 e. The van der Waals surface area contributed by atoms with Crippen molar-refractivity contribution in [2.24, 2.45) is 0 Å². The van der Waals surface area contributed by atoms with Gasteiger partial charge in [0, 0.05) is 12.8 Å². The third-order valence-electron chi connectivity index (χ3n) is 2.36. The molecule has 0 aromatic rings. The highest BCUT2D eigenvalue weighted by molar-refractivity contribution is 5.70. The van der Waals surface area contributed by atoms with Crippen LogP contribution in [0.15, 0.2) is 0 Å². The fourth-order valence-electron chi connectivity index (χ4n) is 1.48. The molecule has 0 saturated carbocycles. The van der Waals surface area contributed by atoms with Crippen LogP contribution in [0.2, 0.25) is 0 Å². The number of hydrogen-bond donors (Lipinski definition) is 0. The number of carbonyl (C=O) groups excluding carboxylic acids is 2. The van der Waals surface area contributed by atoms with E-state index in [-0.39, 0.29) is 11.9 Å². The Hall–Kier alpha value is -1.94. The van der Waals surface area contributed by atoms with Gasteiger partial charge >= 0.3 is 11.9 Å². The van der Waals surface area contributed by atoms with Gasteiger partial charge in [-0.1, -0.05) is 38.5 Å². The van der Waals surface area contributed by atoms with E-state index in [0.717, 1.165) is 38.5 Å². The average Bonchev–Trinajstić information content (AvgIpc) is 2.33. The molecule has 0 aliphatic heterocycles. The van der Waals surface area contributed by atoms with Crippen molar-refractivity contribution in [3.8, 4) is 25.1 Å². The Bertz CT molecular complexity index is 299. The Balaban J connectivity index is 3.22. The third-order valence-corrected chi connectivity index (χ3v) is 2.36. The summed E-state index contributed by atoms with van der Waals surface area (Å²) in [6.45, 7) is 0. The minimum atomic E-state index is -0.352. The smallest absolute Gasteiger partial charge is 0.319 e. The van der Waals surface area contributed by atoms with E-state index in [1.165, 1.54) is 0 Å². The maximum Gasteiger partial charge on any atom is 0.319 e. The lowest BCUT2D eigenvalue weighted by atomic mass is 10.1. The Morgan fingerprint density at radius 3 is 1.39 bits per heavy atom. The Morgan fingerprint density at radius 1 is 0.722 bits per heavy atom. The van der Waals surface area contributed by atoms with E-state index in [9.17, 15) is 9.59 Å². The van der Waals surface area contributed by atoms with Gasteiger partial charge in [0.1, 0.15) is 12.2 Å². The zero-order valence-corrected chi connectivity index (χ0v) is 10.4. The van der Waals surface area contributed by atoms with Gasteiger partial charge in [0.05, 0.1) is 0 Å². The number of hydrogen-bond acceptors (Lipinski definition) is 4. The van der Waals surface area contributed by atoms with Gasteiger partial charge in [-0.2, -0.15) is 0 Å². The highest BCUT2D eigenvalue weighted by atomic mass is 16.5. The highest BCUT2D eigenvalue weighted by Crippen LogP contribution is 2.09. The molecule has 0 aromatic carbocycles. The van der Waals surface area contributed by atoms with Crippen LogP contribution < -0.4 is 0 Å². The maximum atomic E-state index is 10.9. The molecule has 0 rings (SSSR count). The van der Waals surface area contributed by atoms with E-state index in [4.69, 9.17) is 12.8 Å². The molecule has 0 saturated heterocycles. The summed E-state index contributed by atoms with van der Waals surface area (Å²) >= 11 is 0. The van der Waals surface area contributed by atoms with Gasteiger partial charge in [0.25, 0.3) is 0 Å². The molecule has 0 radical (unpaired) electrons. The molecule has 98 valence electrons. The van der Waals surface area contributed by atoms with E-state index in [0.29, 0.717) is 12.8 Å². The number of terminal acetylenes is 2. The quantitative estimate of drug-likeness (QED) is 0.358. The van der Waals surface area contributed by atoms with E-state index in [1.807, 2.05) is 12.2 Å². The van der Waals surface area contributed by atoms with Crippen molar-refractivity contribution in [3.63, 3.8) is 0 Å². The van der Waals surface area contributed by atoms with Crippen molar-refractivity contribution < 1.29 is 19.1 Å². The summed E-state index contributed by atoms with van der Waals surface area (Å²) < 4.78 is 8.72. The number of carbonyl (C=O) groups is 2. The van der Waals surface area contributed by atoms with Crippen LogP contribution in [0.5, 0.6) is 0 Å². The maximum absolute atomic E-state index is 10.9. The van der Waals surface area contributed by atoms with Crippen LogP contribution >= 0.6 is 0 Å². The first-order chi connectivity index (χ1) is 8.70. The van der Waals surface area contributed by atoms with Crippen molar-refractivity contribution in [1.29, 1.82) is 0 Å². The molecule has 0 aliphatic carbocycles. The molecule has 0 spiro atoms. The zero-order chi connectivity index (χ0) is 13.6. The molecular formula is C14H18O4. The van der Waals surface area contributed by atoms with E-state index < -0.39 is 0 Å². The number of rotatable bonds is 9. The van der Waals surface area contributed by atoms with Crippen molar-refractivity contribution in [3.05, 3.63) is 0 Å². The molecule has 0 bridgehead atoms. The van der Waals surface area contributed by atoms with Gasteiger partial charge in [0.2, 0.25) is 0 Å². The molecule has 0 atom stereocenters. The molecule has 4 heteroatoms. The van der Waals surface area contributed by atoms with Gasteiger partial charge < -0.3 is 9.47 Å². The van der Waals surface area contributed by atoms with Crippen LogP contribution in [0.1, 0.15) is 51.4 Å². The molecule has 0 aliphatic rings. The minimum Gasteiger partial charge on any atom is -0.372 e. The summed E-state index contributed by atoms with van der Waals surface area (Å²) in [7, 11) is 0. The van der Waals surface area contributed by atoms with E-state index in [2.05, 4.69) is 9.47 Å². The standard InChI is InChI=1S/C14H18O4/c1-3-17-13(15)11-9-7-5-6-8-10-12-14(16)18-4-2/h1-2H,5-12H2. The summed E-state index contributed by atoms with van der Waals surface area (Å²) in [6, 6.07) is 0. The third kappa shape index (κ3) is 10.6. The second kappa shape index (κ2) is 11.5. The van der Waals surface area contributed by atoms with Gasteiger partial charge in [-0.3, -0.25) is 9.59 Å². The van der Waals surface area contributed by atoms with Gasteiger partial charge in [-0.25, -0.2) is 0 Å². The van der Waals surface area contributed by atoms with Gasteiger partial charge in [-0.15, -0.1) is 0 Å². The van der Waals surface area contributed by atoms with Crippen LogP contribution in [0.3, 0.4) is 0 Å². The topological polar surface area (TPSA) is 52.6 Å². The lowest BCUT2D eigenvalue weighted by Gasteiger charge is -2.00. The van der Waals surface area contributed by atoms with Crippen molar-refractivity contribution >= 4 is 11.9 Å². The Kier molecular flexibility index (Phi) is 10.3. The second-order valence-corrected chi connectivity index (χ2v) is 3.81. The van der Waals surface area contributed by atoms with E-state index >= 15 is 0 Å². The summed E-state index contributed by atoms with van der Waals surface area (Å²) in [5.74, 6) is -0.705. The van der Waals surface area contributed by atoms with Crippen molar-refractivity contribution in [2.75, 3.05) is 0 Å². The summed E-state index contributed by atoms with van der Waals surface area (Å²) in [5.41, 5.74) is 0. The molecule has 0 amide bonds. The van der Waals surface area contributed by atoms with Crippen LogP contribution in [0.4, 0.5) is 0 Å². The lowest BCUT2D eigenvalue weighted by molar-refractivity contribution is -0.137. The molecule has 0 heterocycles. The van der Waals surface area contributed by atoms with Crippen molar-refractivity contribution in [1.82, 2.24) is 0 Å². The normalized spacial score (nSPS) is 9.00. The first kappa shape index (κ1) is 16.1. The molecule has 0 aromatic heterocycles. The first-order valence-corrected chi connectivity index (χ1v) is 6.01. The zero-order valence-electron chi connectivity index (χ0n) is 10.4. The summed E-state index contributed by atoms with van der Waals surface area (Å²) in [5, 5.41) is 0. The fourth-order valence-corrected chi connectivity index (χ4v) is 1.48. The second-order valence-electron chi connectivity index (χ2n) is 3.81. The van der Waals surface area contributed by atoms with Crippen molar-refractivity contribution in [2.45, 2.75) is 51.4 Å². The van der Waals surface area contributed by atoms with Crippen LogP contribution in [-0.4, -0.2) is 11.9 Å². The predicted molar refractivity (Wildman–Crippen MR) is 66.8 cm³/mol. The first-order valence-electron chi connectivity index (χ1n) is 6.01. The fraction of sp³-hybridized carbons (Fsp3) is 0.571. The monoisotopic (exact) mass is 250 g/mol. The average molecular weight is 250 g/mol. The van der Waals surface area contributed by atoms with Crippen LogP contribution in [0.25, 0.3) is 0 Å². The van der Waals surface area contributed by atoms with Crippen LogP contribution in [0, 0.1) is 25.1 Å². The molecule has 0 N–H and O–H groups in total. The number of esters is 2. The summed E-state index contributed by atoms with van der Waals surface area (Å²) in [4.78, 5) is 21.8. The Morgan fingerprint density at radius 2 is 1.06 bits per heavy atom. The lowest BCUT2D eigenvalue weighted by Crippen LogP contribution is -1.99. The molecular weight excluding hydrogens is 232 g/mol. The molecule has 0 fully saturated rings.